The summed E-state index contributed by atoms with van der Waals surface area (Å²) >= 11 is 0. The highest BCUT2D eigenvalue weighted by Gasteiger charge is 2.16. The van der Waals surface area contributed by atoms with Gasteiger partial charge in [0.1, 0.15) is 61.0 Å². The van der Waals surface area contributed by atoms with Gasteiger partial charge in [0.2, 0.25) is 0 Å². The van der Waals surface area contributed by atoms with E-state index in [-0.39, 0.29) is 138 Å². The molecule has 0 saturated heterocycles. The van der Waals surface area contributed by atoms with Crippen LogP contribution in [0.15, 0.2) is 0 Å². The van der Waals surface area contributed by atoms with Crippen molar-refractivity contribution in [2.45, 2.75) is 178 Å². The second-order valence-electron chi connectivity index (χ2n) is 17.0. The predicted octanol–water partition coefficient (Wildman–Crippen LogP) is -9.71. The molecule has 0 bridgehead atoms. The third-order valence-corrected chi connectivity index (χ3v) is 8.88. The number of aliphatic carboxylic acids is 1. The van der Waals surface area contributed by atoms with Crippen LogP contribution in [0.25, 0.3) is 0 Å². The number of hydrogen-bond donors (Lipinski definition) is 31. The van der Waals surface area contributed by atoms with Crippen molar-refractivity contribution >= 4 is 5.97 Å². The molecule has 0 aliphatic rings. The zero-order chi connectivity index (χ0) is 66.4. The number of carbonyl (C=O) groups is 1. The number of aliphatic hydroxyl groups is 30. The van der Waals surface area contributed by atoms with Gasteiger partial charge in [-0.05, 0) is 12.8 Å². The Balaban J connectivity index is -0.0000000795. The maximum Gasteiger partial charge on any atom is 0.306 e. The second-order valence-corrected chi connectivity index (χ2v) is 17.0. The molecule has 1 unspecified atom stereocenters. The van der Waals surface area contributed by atoms with Crippen LogP contribution in [0.2, 0.25) is 0 Å². The number of unbranched alkanes of at least 4 members (excludes halogenated alkanes) is 12. The van der Waals surface area contributed by atoms with E-state index < -0.39 is 67.0 Å². The Labute approximate surface area is 483 Å². The average molecular weight is 1230 g/mol. The minimum absolute atomic E-state index is 0.0918. The molecule has 32 heteroatoms. The Morgan fingerprint density at radius 1 is 0.220 bits per heavy atom. The first kappa shape index (κ1) is 105. The van der Waals surface area contributed by atoms with Crippen LogP contribution in [0.1, 0.15) is 117 Å². The highest BCUT2D eigenvalue weighted by molar-refractivity contribution is 5.69. The minimum Gasteiger partial charge on any atom is -0.481 e. The molecule has 1 atom stereocenters. The molecule has 0 aromatic rings. The maximum atomic E-state index is 11.3. The second kappa shape index (κ2) is 98.3. The third kappa shape index (κ3) is 129. The van der Waals surface area contributed by atoms with Crippen molar-refractivity contribution in [2.24, 2.45) is 5.92 Å². The summed E-state index contributed by atoms with van der Waals surface area (Å²) in [6.45, 7) is -2.84. The van der Waals surface area contributed by atoms with Crippen molar-refractivity contribution in [1.82, 2.24) is 0 Å². The smallest absolute Gasteiger partial charge is 0.306 e. The SMILES string of the molecule is CCCCCCCCCCCCC(CCCCCC)C(=O)O.OCC(O)CO.OCC(O)CO.OCC(O)CO.OCC(O)CO.OCC(O)CO.OCC(O)CO.OCC(O)CO.OCC(O)CO.OCC(O)CO.OCC(O)CO. The summed E-state index contributed by atoms with van der Waals surface area (Å²) in [4.78, 5) is 11.3. The molecular weight excluding hydrogens is 1110 g/mol. The van der Waals surface area contributed by atoms with Gasteiger partial charge in [-0.15, -0.1) is 0 Å². The van der Waals surface area contributed by atoms with Gasteiger partial charge in [0.15, 0.2) is 0 Å². The molecule has 0 aliphatic carbocycles. The normalized spacial score (nSPS) is 10.7. The molecular formula is C50H120O32. The molecule has 0 fully saturated rings. The number of carboxylic acid groups (broad SMARTS) is 1. The number of aliphatic hydroxyl groups excluding tert-OH is 30. The molecule has 0 amide bonds. The molecule has 82 heavy (non-hydrogen) atoms. The fraction of sp³-hybridized carbons (Fsp3) is 0.980. The van der Waals surface area contributed by atoms with Crippen molar-refractivity contribution in [3.63, 3.8) is 0 Å². The van der Waals surface area contributed by atoms with Crippen LogP contribution in [0.5, 0.6) is 0 Å². The van der Waals surface area contributed by atoms with Crippen LogP contribution >= 0.6 is 0 Å². The molecule has 0 aliphatic heterocycles. The first-order chi connectivity index (χ1) is 38.8. The van der Waals surface area contributed by atoms with Crippen molar-refractivity contribution in [3.8, 4) is 0 Å². The summed E-state index contributed by atoms with van der Waals surface area (Å²) in [5, 5.41) is 249. The van der Waals surface area contributed by atoms with E-state index in [9.17, 15) is 9.90 Å². The van der Waals surface area contributed by atoms with Crippen LogP contribution in [0, 0.1) is 5.92 Å². The van der Waals surface area contributed by atoms with E-state index in [1.807, 2.05) is 0 Å². The van der Waals surface area contributed by atoms with Crippen LogP contribution in [-0.4, -0.2) is 357 Å². The van der Waals surface area contributed by atoms with Gasteiger partial charge < -0.3 is 158 Å². The number of carboxylic acids is 1. The highest BCUT2D eigenvalue weighted by Crippen LogP contribution is 2.19. The quantitative estimate of drug-likeness (QED) is 0.0257. The van der Waals surface area contributed by atoms with E-state index in [2.05, 4.69) is 13.8 Å². The molecule has 0 aromatic carbocycles. The summed E-state index contributed by atoms with van der Waals surface area (Å²) in [5.74, 6) is -0.668. The number of rotatable bonds is 37. The molecule has 0 spiro atoms. The van der Waals surface area contributed by atoms with Crippen molar-refractivity contribution in [3.05, 3.63) is 0 Å². The van der Waals surface area contributed by atoms with Gasteiger partial charge in [0.25, 0.3) is 0 Å². The third-order valence-electron chi connectivity index (χ3n) is 8.88. The first-order valence-electron chi connectivity index (χ1n) is 27.0. The van der Waals surface area contributed by atoms with Crippen molar-refractivity contribution < 1.29 is 163 Å². The highest BCUT2D eigenvalue weighted by atomic mass is 16.4. The summed E-state index contributed by atoms with van der Waals surface area (Å²) in [6.07, 6.45) is 10.2. The van der Waals surface area contributed by atoms with Gasteiger partial charge in [-0.25, -0.2) is 0 Å². The van der Waals surface area contributed by atoms with Crippen LogP contribution in [-0.2, 0) is 4.79 Å². The minimum atomic E-state index is -0.954. The van der Waals surface area contributed by atoms with Crippen molar-refractivity contribution in [1.29, 1.82) is 0 Å². The van der Waals surface area contributed by atoms with Gasteiger partial charge in [-0.1, -0.05) is 104 Å². The summed E-state index contributed by atoms with van der Waals surface area (Å²) < 4.78 is 0. The first-order valence-corrected chi connectivity index (χ1v) is 27.0. The lowest BCUT2D eigenvalue weighted by Gasteiger charge is -2.12. The maximum absolute atomic E-state index is 11.3. The Morgan fingerprint density at radius 2 is 0.329 bits per heavy atom. The Bertz CT molecular complexity index is 803. The topological polar surface area (TPSA) is 644 Å². The van der Waals surface area contributed by atoms with Crippen LogP contribution < -0.4 is 0 Å². The fourth-order valence-electron chi connectivity index (χ4n) is 3.66. The molecule has 512 valence electrons. The summed E-state index contributed by atoms with van der Waals surface area (Å²) in [7, 11) is 0. The zero-order valence-corrected chi connectivity index (χ0v) is 48.6. The monoisotopic (exact) mass is 1230 g/mol. The van der Waals surface area contributed by atoms with Crippen LogP contribution in [0.4, 0.5) is 0 Å². The molecule has 0 radical (unpaired) electrons. The molecule has 0 heterocycles. The lowest BCUT2D eigenvalue weighted by molar-refractivity contribution is -0.142. The largest absolute Gasteiger partial charge is 0.481 e. The average Bonchev–Trinajstić information content (AvgIpc) is 3.52. The Kier molecular flexibility index (Phi) is 126. The van der Waals surface area contributed by atoms with E-state index in [1.54, 1.807) is 0 Å². The van der Waals surface area contributed by atoms with E-state index in [1.165, 1.54) is 77.0 Å². The molecule has 32 nitrogen and oxygen atoms in total. The lowest BCUT2D eigenvalue weighted by atomic mass is 9.94. The van der Waals surface area contributed by atoms with Gasteiger partial charge >= 0.3 is 5.97 Å². The van der Waals surface area contributed by atoms with Crippen LogP contribution in [0.3, 0.4) is 0 Å². The predicted molar refractivity (Wildman–Crippen MR) is 298 cm³/mol. The molecule has 0 saturated carbocycles. The van der Waals surface area contributed by atoms with E-state index >= 15 is 0 Å². The zero-order valence-electron chi connectivity index (χ0n) is 48.6. The molecule has 0 aromatic heterocycles. The number of hydrogen-bond acceptors (Lipinski definition) is 31. The summed E-state index contributed by atoms with van der Waals surface area (Å²) in [5.41, 5.74) is 0. The standard InChI is InChI=1S/C20H40O2.10C3H8O3/c1-3-5-7-9-10-11-12-13-14-16-18-19(20(21)22)17-15-8-6-4-2;10*4-1-3(6)2-5/h19H,3-18H2,1-2H3,(H,21,22);10*3-6H,1-2H2. The Hall–Kier alpha value is -1.73. The van der Waals surface area contributed by atoms with Gasteiger partial charge in [0.05, 0.1) is 138 Å². The molecule has 31 N–H and O–H groups in total. The summed E-state index contributed by atoms with van der Waals surface area (Å²) in [6, 6.07) is 0. The lowest BCUT2D eigenvalue weighted by Crippen LogP contribution is -2.15. The van der Waals surface area contributed by atoms with E-state index in [0.29, 0.717) is 0 Å². The van der Waals surface area contributed by atoms with Gasteiger partial charge in [-0.3, -0.25) is 4.79 Å². The Morgan fingerprint density at radius 3 is 0.427 bits per heavy atom. The van der Waals surface area contributed by atoms with Gasteiger partial charge in [-0.2, -0.15) is 0 Å². The van der Waals surface area contributed by atoms with E-state index in [0.717, 1.165) is 25.7 Å². The van der Waals surface area contributed by atoms with Gasteiger partial charge in [0, 0.05) is 0 Å². The van der Waals surface area contributed by atoms with E-state index in [4.69, 9.17) is 153 Å². The molecule has 0 rings (SSSR count). The fourth-order valence-corrected chi connectivity index (χ4v) is 3.66. The van der Waals surface area contributed by atoms with Crippen molar-refractivity contribution in [2.75, 3.05) is 132 Å².